The van der Waals surface area contributed by atoms with E-state index in [4.69, 9.17) is 11.6 Å². The van der Waals surface area contributed by atoms with Gasteiger partial charge in [-0.3, -0.25) is 0 Å². The van der Waals surface area contributed by atoms with Crippen LogP contribution in [-0.2, 0) is 6.18 Å². The Morgan fingerprint density at radius 1 is 1.21 bits per heavy atom. The van der Waals surface area contributed by atoms with Gasteiger partial charge >= 0.3 is 6.18 Å². The molecular formula is C16H16ClF3N4. The van der Waals surface area contributed by atoms with Crippen LogP contribution in [0.5, 0.6) is 0 Å². The molecule has 0 amide bonds. The van der Waals surface area contributed by atoms with Gasteiger partial charge in [0.15, 0.2) is 0 Å². The molecule has 4 nitrogen and oxygen atoms in total. The van der Waals surface area contributed by atoms with E-state index in [9.17, 15) is 13.2 Å². The van der Waals surface area contributed by atoms with Crippen LogP contribution in [0, 0.1) is 0 Å². The minimum atomic E-state index is -4.51. The van der Waals surface area contributed by atoms with Crippen LogP contribution in [0.25, 0.3) is 0 Å². The molecule has 1 aliphatic rings. The van der Waals surface area contributed by atoms with E-state index < -0.39 is 11.7 Å². The minimum Gasteiger partial charge on any atom is -0.354 e. The Kier molecular flexibility index (Phi) is 4.54. The molecule has 24 heavy (non-hydrogen) atoms. The third-order valence-corrected chi connectivity index (χ3v) is 3.95. The lowest BCUT2D eigenvalue weighted by Gasteiger charge is -2.13. The SMILES string of the molecule is CCNc1nc(Nc2ccc(Cl)c(C(F)(F)F)c2)cc(C2CC2)n1. The fourth-order valence-electron chi connectivity index (χ4n) is 2.32. The summed E-state index contributed by atoms with van der Waals surface area (Å²) < 4.78 is 38.9. The third-order valence-electron chi connectivity index (χ3n) is 3.62. The van der Waals surface area contributed by atoms with Gasteiger partial charge in [0.1, 0.15) is 5.82 Å². The Morgan fingerprint density at radius 3 is 2.58 bits per heavy atom. The Hall–Kier alpha value is -2.02. The van der Waals surface area contributed by atoms with E-state index >= 15 is 0 Å². The zero-order valence-electron chi connectivity index (χ0n) is 12.9. The van der Waals surface area contributed by atoms with Crippen LogP contribution in [0.3, 0.4) is 0 Å². The van der Waals surface area contributed by atoms with Gasteiger partial charge in [-0.1, -0.05) is 11.6 Å². The van der Waals surface area contributed by atoms with Crippen molar-refractivity contribution < 1.29 is 13.2 Å². The number of benzene rings is 1. The van der Waals surface area contributed by atoms with Crippen LogP contribution in [0.2, 0.25) is 5.02 Å². The minimum absolute atomic E-state index is 0.273. The predicted molar refractivity (Wildman–Crippen MR) is 87.9 cm³/mol. The Morgan fingerprint density at radius 2 is 1.96 bits per heavy atom. The van der Waals surface area contributed by atoms with Crippen molar-refractivity contribution in [3.63, 3.8) is 0 Å². The van der Waals surface area contributed by atoms with Crippen molar-refractivity contribution in [3.05, 3.63) is 40.5 Å². The van der Waals surface area contributed by atoms with Gasteiger partial charge in [0, 0.05) is 24.2 Å². The summed E-state index contributed by atoms with van der Waals surface area (Å²) in [7, 11) is 0. The second-order valence-electron chi connectivity index (χ2n) is 5.62. The monoisotopic (exact) mass is 356 g/mol. The largest absolute Gasteiger partial charge is 0.417 e. The number of halogens is 4. The van der Waals surface area contributed by atoms with Gasteiger partial charge in [-0.15, -0.1) is 0 Å². The summed E-state index contributed by atoms with van der Waals surface area (Å²) in [6.07, 6.45) is -2.36. The lowest BCUT2D eigenvalue weighted by atomic mass is 10.2. The first-order valence-electron chi connectivity index (χ1n) is 7.63. The number of aromatic nitrogens is 2. The second kappa shape index (κ2) is 6.47. The highest BCUT2D eigenvalue weighted by atomic mass is 35.5. The molecule has 0 saturated heterocycles. The molecule has 8 heteroatoms. The van der Waals surface area contributed by atoms with Crippen LogP contribution >= 0.6 is 11.6 Å². The van der Waals surface area contributed by atoms with Crippen molar-refractivity contribution in [1.29, 1.82) is 0 Å². The molecule has 0 spiro atoms. The summed E-state index contributed by atoms with van der Waals surface area (Å²) in [5.74, 6) is 1.33. The lowest BCUT2D eigenvalue weighted by Crippen LogP contribution is -2.08. The standard InChI is InChI=1S/C16H16ClF3N4/c1-2-21-15-23-13(9-3-4-9)8-14(24-15)22-10-5-6-12(17)11(7-10)16(18,19)20/h5-9H,2-4H2,1H3,(H2,21,22,23,24). The van der Waals surface area contributed by atoms with Gasteiger partial charge in [-0.25, -0.2) is 4.98 Å². The highest BCUT2D eigenvalue weighted by molar-refractivity contribution is 6.31. The Labute approximate surface area is 142 Å². The maximum Gasteiger partial charge on any atom is 0.417 e. The number of hydrogen-bond donors (Lipinski definition) is 2. The van der Waals surface area contributed by atoms with Crippen molar-refractivity contribution in [1.82, 2.24) is 9.97 Å². The molecule has 1 saturated carbocycles. The zero-order chi connectivity index (χ0) is 17.3. The molecule has 3 rings (SSSR count). The van der Waals surface area contributed by atoms with E-state index in [1.807, 2.05) is 6.92 Å². The maximum atomic E-state index is 13.0. The molecule has 2 aromatic rings. The van der Waals surface area contributed by atoms with E-state index in [-0.39, 0.29) is 10.7 Å². The summed E-state index contributed by atoms with van der Waals surface area (Å²) >= 11 is 5.64. The summed E-state index contributed by atoms with van der Waals surface area (Å²) in [6, 6.07) is 5.47. The van der Waals surface area contributed by atoms with Crippen molar-refractivity contribution in [2.75, 3.05) is 17.2 Å². The summed E-state index contributed by atoms with van der Waals surface area (Å²) in [4.78, 5) is 8.73. The summed E-state index contributed by atoms with van der Waals surface area (Å²) in [5.41, 5.74) is 0.292. The molecule has 1 aromatic carbocycles. The molecule has 0 atom stereocenters. The third kappa shape index (κ3) is 3.90. The number of rotatable bonds is 5. The van der Waals surface area contributed by atoms with Gasteiger partial charge in [0.05, 0.1) is 16.3 Å². The van der Waals surface area contributed by atoms with Crippen LogP contribution < -0.4 is 10.6 Å². The topological polar surface area (TPSA) is 49.8 Å². The smallest absolute Gasteiger partial charge is 0.354 e. The number of nitrogens with one attached hydrogen (secondary N) is 2. The predicted octanol–water partition coefficient (Wildman–Crippen LogP) is 5.20. The van der Waals surface area contributed by atoms with Crippen molar-refractivity contribution in [2.24, 2.45) is 0 Å². The molecule has 1 aliphatic carbocycles. The normalized spacial score (nSPS) is 14.5. The molecule has 1 aromatic heterocycles. The first-order chi connectivity index (χ1) is 11.4. The molecule has 128 valence electrons. The van der Waals surface area contributed by atoms with Gasteiger partial charge in [-0.2, -0.15) is 18.2 Å². The van der Waals surface area contributed by atoms with E-state index in [0.717, 1.165) is 24.6 Å². The van der Waals surface area contributed by atoms with E-state index in [1.165, 1.54) is 12.1 Å². The molecule has 0 unspecified atom stereocenters. The zero-order valence-corrected chi connectivity index (χ0v) is 13.7. The maximum absolute atomic E-state index is 13.0. The Bertz CT molecular complexity index is 745. The van der Waals surface area contributed by atoms with Crippen molar-refractivity contribution in [3.8, 4) is 0 Å². The molecule has 0 aliphatic heterocycles. The van der Waals surface area contributed by atoms with E-state index in [0.29, 0.717) is 24.2 Å². The summed E-state index contributed by atoms with van der Waals surface area (Å²) in [5, 5.41) is 5.62. The van der Waals surface area contributed by atoms with Crippen molar-refractivity contribution >= 4 is 29.1 Å². The highest BCUT2D eigenvalue weighted by Crippen LogP contribution is 2.40. The van der Waals surface area contributed by atoms with Gasteiger partial charge < -0.3 is 10.6 Å². The average molecular weight is 357 g/mol. The fraction of sp³-hybridized carbons (Fsp3) is 0.375. The average Bonchev–Trinajstić information content (AvgIpc) is 3.33. The quantitative estimate of drug-likeness (QED) is 0.773. The highest BCUT2D eigenvalue weighted by Gasteiger charge is 2.33. The van der Waals surface area contributed by atoms with Gasteiger partial charge in [-0.05, 0) is 38.0 Å². The first-order valence-corrected chi connectivity index (χ1v) is 8.01. The van der Waals surface area contributed by atoms with Crippen LogP contribution in [0.15, 0.2) is 24.3 Å². The van der Waals surface area contributed by atoms with Crippen LogP contribution in [0.4, 0.5) is 30.6 Å². The number of anilines is 3. The number of alkyl halides is 3. The van der Waals surface area contributed by atoms with E-state index in [1.54, 1.807) is 6.07 Å². The molecule has 1 heterocycles. The molecular weight excluding hydrogens is 341 g/mol. The van der Waals surface area contributed by atoms with Crippen LogP contribution in [0.1, 0.15) is 36.9 Å². The fourth-order valence-corrected chi connectivity index (χ4v) is 2.55. The first kappa shape index (κ1) is 16.8. The van der Waals surface area contributed by atoms with Gasteiger partial charge in [0.2, 0.25) is 5.95 Å². The van der Waals surface area contributed by atoms with Crippen molar-refractivity contribution in [2.45, 2.75) is 31.9 Å². The van der Waals surface area contributed by atoms with E-state index in [2.05, 4.69) is 20.6 Å². The molecule has 0 radical (unpaired) electrons. The second-order valence-corrected chi connectivity index (χ2v) is 6.03. The molecule has 0 bridgehead atoms. The lowest BCUT2D eigenvalue weighted by molar-refractivity contribution is -0.137. The number of nitrogens with zero attached hydrogens (tertiary/aromatic N) is 2. The molecule has 2 N–H and O–H groups in total. The van der Waals surface area contributed by atoms with Gasteiger partial charge in [0.25, 0.3) is 0 Å². The number of hydrogen-bond acceptors (Lipinski definition) is 4. The summed E-state index contributed by atoms with van der Waals surface area (Å²) in [6.45, 7) is 2.59. The molecule has 1 fully saturated rings. The van der Waals surface area contributed by atoms with Crippen LogP contribution in [-0.4, -0.2) is 16.5 Å². The Balaban J connectivity index is 1.90.